The predicted molar refractivity (Wildman–Crippen MR) is 156 cm³/mol. The third-order valence-corrected chi connectivity index (χ3v) is 8.26. The highest BCUT2D eigenvalue weighted by molar-refractivity contribution is 5.65. The van der Waals surface area contributed by atoms with Gasteiger partial charge in [0.05, 0.1) is 24.3 Å². The molecule has 0 aliphatic rings. The minimum atomic E-state index is -1.37. The van der Waals surface area contributed by atoms with E-state index in [1.54, 1.807) is 27.7 Å². The van der Waals surface area contributed by atoms with Gasteiger partial charge in [0.2, 0.25) is 0 Å². The van der Waals surface area contributed by atoms with Gasteiger partial charge in [0.15, 0.2) is 0 Å². The summed E-state index contributed by atoms with van der Waals surface area (Å²) in [5.74, 6) is 0. The Labute approximate surface area is 244 Å². The first-order chi connectivity index (χ1) is 19.2. The van der Waals surface area contributed by atoms with Crippen LogP contribution >= 0.6 is 0 Å². The fraction of sp³-hybridized carbons (Fsp3) is 0.562. The van der Waals surface area contributed by atoms with Crippen LogP contribution in [0, 0.1) is 0 Å². The molecule has 0 heterocycles. The van der Waals surface area contributed by atoms with Gasteiger partial charge in [-0.05, 0) is 64.5 Å². The summed E-state index contributed by atoms with van der Waals surface area (Å²) < 4.78 is 0. The number of aliphatic hydroxyl groups is 2. The molecule has 228 valence electrons. The summed E-state index contributed by atoms with van der Waals surface area (Å²) in [7, 11) is 0. The zero-order chi connectivity index (χ0) is 30.8. The molecule has 2 aromatic rings. The Morgan fingerprint density at radius 2 is 1.02 bits per heavy atom. The number of carboxylic acid groups (broad SMARTS) is 2. The highest BCUT2D eigenvalue weighted by atomic mass is 16.4. The molecule has 0 spiro atoms. The number of hydrogen-bond acceptors (Lipinski definition) is 7. The zero-order valence-electron chi connectivity index (χ0n) is 25.2. The van der Waals surface area contributed by atoms with Gasteiger partial charge in [0, 0.05) is 24.2 Å². The zero-order valence-corrected chi connectivity index (χ0v) is 25.2. The minimum absolute atomic E-state index is 0.0291. The van der Waals surface area contributed by atoms with Gasteiger partial charge in [-0.3, -0.25) is 0 Å². The number of nitrogens with zero attached hydrogens (tertiary/aromatic N) is 2. The molecule has 4 atom stereocenters. The van der Waals surface area contributed by atoms with Crippen molar-refractivity contribution in [1.82, 2.24) is 15.1 Å². The Bertz CT molecular complexity index is 994. The number of hydrogen-bond donors (Lipinski definition) is 3. The van der Waals surface area contributed by atoms with E-state index in [1.165, 1.54) is 9.80 Å². The fourth-order valence-corrected chi connectivity index (χ4v) is 5.16. The van der Waals surface area contributed by atoms with Crippen molar-refractivity contribution in [2.24, 2.45) is 0 Å². The van der Waals surface area contributed by atoms with Crippen LogP contribution in [0.1, 0.15) is 65.5 Å². The fourth-order valence-electron chi connectivity index (χ4n) is 5.16. The molecule has 0 unspecified atom stereocenters. The molecule has 2 aromatic carbocycles. The van der Waals surface area contributed by atoms with Gasteiger partial charge >= 0.3 is 0 Å². The van der Waals surface area contributed by atoms with E-state index in [4.69, 9.17) is 0 Å². The maximum Gasteiger partial charge on any atom is 0.137 e. The van der Waals surface area contributed by atoms with Crippen molar-refractivity contribution in [3.63, 3.8) is 0 Å². The van der Waals surface area contributed by atoms with E-state index >= 15 is 0 Å². The first kappa shape index (κ1) is 34.1. The van der Waals surface area contributed by atoms with E-state index in [0.29, 0.717) is 12.8 Å². The highest BCUT2D eigenvalue weighted by Crippen LogP contribution is 2.27. The Morgan fingerprint density at radius 3 is 1.29 bits per heavy atom. The number of aliphatic hydroxyl groups excluding tert-OH is 2. The lowest BCUT2D eigenvalue weighted by atomic mass is 9.91. The van der Waals surface area contributed by atoms with Crippen LogP contribution in [0.5, 0.6) is 0 Å². The Balaban J connectivity index is 2.27. The predicted octanol–water partition coefficient (Wildman–Crippen LogP) is 2.19. The monoisotopic (exact) mass is 569 g/mol. The quantitative estimate of drug-likeness (QED) is 0.282. The molecule has 41 heavy (non-hydrogen) atoms. The van der Waals surface area contributed by atoms with Gasteiger partial charge in [-0.25, -0.2) is 0 Å². The molecule has 0 saturated carbocycles. The summed E-state index contributed by atoms with van der Waals surface area (Å²) >= 11 is 0. The smallest absolute Gasteiger partial charge is 0.137 e. The summed E-state index contributed by atoms with van der Waals surface area (Å²) in [5.41, 5.74) is 0.147. The van der Waals surface area contributed by atoms with Crippen LogP contribution in [-0.2, 0) is 12.8 Å². The molecule has 9 nitrogen and oxygen atoms in total. The summed E-state index contributed by atoms with van der Waals surface area (Å²) in [5, 5.41) is 50.3. The standard InChI is InChI=1S/C32H49N3O6/c1-7-31(3,4)34(29(38)39)25(19-23-15-11-9-12-16-23)27(36)21-33-22-28(37)26(20-24-17-13-10-14-18-24)35(30(40)41)32(5,6)8-2/h9-18,25-28,33,36-37H,7-8,19-22H2,1-6H3,(H,38,39)(H,40,41)/p-2/t25-,26-,27+,28+/m0/s1. The van der Waals surface area contributed by atoms with Gasteiger partial charge in [0.25, 0.3) is 0 Å². The van der Waals surface area contributed by atoms with Crippen LogP contribution in [-0.4, -0.2) is 80.7 Å². The number of carbonyl (C=O) groups excluding carboxylic acids is 2. The first-order valence-corrected chi connectivity index (χ1v) is 14.4. The molecule has 0 fully saturated rings. The van der Waals surface area contributed by atoms with Crippen LogP contribution in [0.4, 0.5) is 9.59 Å². The van der Waals surface area contributed by atoms with Gasteiger partial charge in [0.1, 0.15) is 12.2 Å². The molecule has 3 N–H and O–H groups in total. The maximum atomic E-state index is 12.3. The van der Waals surface area contributed by atoms with Gasteiger partial charge in [-0.1, -0.05) is 74.5 Å². The second kappa shape index (κ2) is 15.2. The van der Waals surface area contributed by atoms with E-state index in [1.807, 2.05) is 74.5 Å². The first-order valence-electron chi connectivity index (χ1n) is 14.4. The summed E-state index contributed by atoms with van der Waals surface area (Å²) in [4.78, 5) is 27.1. The lowest BCUT2D eigenvalue weighted by Crippen LogP contribution is -2.63. The van der Waals surface area contributed by atoms with Crippen molar-refractivity contribution in [2.45, 2.75) is 103 Å². The molecule has 0 aromatic heterocycles. The SMILES string of the molecule is CCC(C)(C)N(C(=O)[O-])[C@@H](Cc1ccccc1)[C@H](O)CNC[C@@H](O)[C@H](Cc1ccccc1)N(C(=O)[O-])C(C)(C)CC. The van der Waals surface area contributed by atoms with Crippen molar-refractivity contribution in [1.29, 1.82) is 0 Å². The number of amides is 2. The Morgan fingerprint density at radius 1 is 0.707 bits per heavy atom. The minimum Gasteiger partial charge on any atom is -0.530 e. The number of benzene rings is 2. The van der Waals surface area contributed by atoms with Crippen LogP contribution in [0.25, 0.3) is 0 Å². The van der Waals surface area contributed by atoms with Crippen molar-refractivity contribution >= 4 is 12.2 Å². The number of nitrogens with one attached hydrogen (secondary N) is 1. The van der Waals surface area contributed by atoms with E-state index in [9.17, 15) is 30.0 Å². The van der Waals surface area contributed by atoms with E-state index in [2.05, 4.69) is 5.32 Å². The average Bonchev–Trinajstić information content (AvgIpc) is 2.92. The second-order valence-electron chi connectivity index (χ2n) is 11.9. The lowest BCUT2D eigenvalue weighted by Gasteiger charge is -2.48. The lowest BCUT2D eigenvalue weighted by molar-refractivity contribution is -0.277. The molecule has 0 aliphatic carbocycles. The molecule has 9 heteroatoms. The highest BCUT2D eigenvalue weighted by Gasteiger charge is 2.37. The summed E-state index contributed by atoms with van der Waals surface area (Å²) in [6.07, 6.45) is -3.45. The molecule has 0 bridgehead atoms. The van der Waals surface area contributed by atoms with Crippen molar-refractivity contribution in [2.75, 3.05) is 13.1 Å². The normalized spacial score (nSPS) is 15.0. The van der Waals surface area contributed by atoms with Crippen molar-refractivity contribution < 1.29 is 30.0 Å². The summed E-state index contributed by atoms with van der Waals surface area (Å²) in [6.45, 7) is 10.9. The summed E-state index contributed by atoms with van der Waals surface area (Å²) in [6, 6.07) is 17.0. The molecular formula is C32H47N3O6-2. The average molecular weight is 570 g/mol. The topological polar surface area (TPSA) is 139 Å². The van der Waals surface area contributed by atoms with E-state index < -0.39 is 47.6 Å². The van der Waals surface area contributed by atoms with Crippen LogP contribution in [0.2, 0.25) is 0 Å². The second-order valence-corrected chi connectivity index (χ2v) is 11.9. The Hall–Kier alpha value is -3.14. The van der Waals surface area contributed by atoms with Gasteiger partial charge in [-0.15, -0.1) is 0 Å². The number of rotatable bonds is 16. The molecule has 2 rings (SSSR count). The van der Waals surface area contributed by atoms with Crippen molar-refractivity contribution in [3.05, 3.63) is 71.8 Å². The molecule has 0 aliphatic heterocycles. The third-order valence-electron chi connectivity index (χ3n) is 8.26. The van der Waals surface area contributed by atoms with Crippen LogP contribution in [0.15, 0.2) is 60.7 Å². The van der Waals surface area contributed by atoms with E-state index in [0.717, 1.165) is 11.1 Å². The molecule has 0 saturated heterocycles. The van der Waals surface area contributed by atoms with Crippen LogP contribution in [0.3, 0.4) is 0 Å². The number of carbonyl (C=O) groups is 2. The van der Waals surface area contributed by atoms with Gasteiger partial charge < -0.3 is 45.1 Å². The molecule has 2 amide bonds. The maximum absolute atomic E-state index is 12.3. The largest absolute Gasteiger partial charge is 0.530 e. The Kier molecular flexibility index (Phi) is 12.6. The molecule has 0 radical (unpaired) electrons. The van der Waals surface area contributed by atoms with Gasteiger partial charge in [-0.2, -0.15) is 0 Å². The molecular weight excluding hydrogens is 522 g/mol. The van der Waals surface area contributed by atoms with E-state index in [-0.39, 0.29) is 25.9 Å². The third kappa shape index (κ3) is 9.45. The van der Waals surface area contributed by atoms with Crippen LogP contribution < -0.4 is 15.5 Å². The van der Waals surface area contributed by atoms with Crippen molar-refractivity contribution in [3.8, 4) is 0 Å².